The van der Waals surface area contributed by atoms with Gasteiger partial charge in [0, 0.05) is 31.7 Å². The molecule has 1 heterocycles. The van der Waals surface area contributed by atoms with Crippen LogP contribution in [0.3, 0.4) is 0 Å². The number of likely N-dealkylation sites (N-methyl/N-ethyl adjacent to an activating group) is 2. The molecule has 0 aromatic heterocycles. The van der Waals surface area contributed by atoms with Crippen molar-refractivity contribution < 1.29 is 0 Å². The number of hydrogen-bond donors (Lipinski definition) is 1. The summed E-state index contributed by atoms with van der Waals surface area (Å²) in [6.45, 7) is 9.22. The summed E-state index contributed by atoms with van der Waals surface area (Å²) in [6.07, 6.45) is 2.59. The van der Waals surface area contributed by atoms with Crippen molar-refractivity contribution in [3.8, 4) is 0 Å². The highest BCUT2D eigenvalue weighted by molar-refractivity contribution is 4.85. The van der Waals surface area contributed by atoms with Crippen LogP contribution in [0.4, 0.5) is 0 Å². The van der Waals surface area contributed by atoms with Gasteiger partial charge in [-0.2, -0.15) is 0 Å². The third-order valence-electron chi connectivity index (χ3n) is 3.54. The number of hydrogen-bond acceptors (Lipinski definition) is 3. The average molecular weight is 213 g/mol. The van der Waals surface area contributed by atoms with Crippen LogP contribution in [-0.2, 0) is 0 Å². The maximum Gasteiger partial charge on any atom is 0.0229 e. The second-order valence-electron chi connectivity index (χ2n) is 4.77. The van der Waals surface area contributed by atoms with Gasteiger partial charge in [0.05, 0.1) is 0 Å². The van der Waals surface area contributed by atoms with E-state index in [4.69, 9.17) is 0 Å². The van der Waals surface area contributed by atoms with Crippen molar-refractivity contribution in [3.63, 3.8) is 0 Å². The van der Waals surface area contributed by atoms with Gasteiger partial charge in [0.15, 0.2) is 0 Å². The van der Waals surface area contributed by atoms with Crippen LogP contribution in [0.1, 0.15) is 26.7 Å². The summed E-state index contributed by atoms with van der Waals surface area (Å²) in [6, 6.07) is 1.50. The standard InChI is InChI=1S/C12H27N3/c1-5-11(9-13-6-2)15-8-7-12(10-15)14(3)4/h11-13H,5-10H2,1-4H3. The van der Waals surface area contributed by atoms with E-state index in [1.54, 1.807) is 0 Å². The zero-order valence-electron chi connectivity index (χ0n) is 10.8. The second kappa shape index (κ2) is 6.46. The van der Waals surface area contributed by atoms with E-state index in [1.165, 1.54) is 25.9 Å². The first-order valence-corrected chi connectivity index (χ1v) is 6.30. The molecule has 2 unspecified atom stereocenters. The minimum absolute atomic E-state index is 0.731. The second-order valence-corrected chi connectivity index (χ2v) is 4.77. The van der Waals surface area contributed by atoms with E-state index >= 15 is 0 Å². The Balaban J connectivity index is 2.35. The molecule has 1 saturated heterocycles. The first-order chi connectivity index (χ1) is 7.19. The van der Waals surface area contributed by atoms with Gasteiger partial charge in [0.25, 0.3) is 0 Å². The lowest BCUT2D eigenvalue weighted by Gasteiger charge is -2.28. The summed E-state index contributed by atoms with van der Waals surface area (Å²) >= 11 is 0. The van der Waals surface area contributed by atoms with E-state index in [1.807, 2.05) is 0 Å². The Morgan fingerprint density at radius 3 is 2.60 bits per heavy atom. The van der Waals surface area contributed by atoms with Gasteiger partial charge < -0.3 is 10.2 Å². The van der Waals surface area contributed by atoms with Gasteiger partial charge in [-0.25, -0.2) is 0 Å². The van der Waals surface area contributed by atoms with E-state index in [0.29, 0.717) is 0 Å². The van der Waals surface area contributed by atoms with Crippen molar-refractivity contribution in [2.45, 2.75) is 38.8 Å². The number of nitrogens with one attached hydrogen (secondary N) is 1. The number of likely N-dealkylation sites (tertiary alicyclic amines) is 1. The third-order valence-corrected chi connectivity index (χ3v) is 3.54. The molecule has 3 heteroatoms. The fourth-order valence-electron chi connectivity index (χ4n) is 2.36. The molecule has 0 amide bonds. The maximum absolute atomic E-state index is 3.46. The predicted octanol–water partition coefficient (Wildman–Crippen LogP) is 1.01. The normalized spacial score (nSPS) is 25.0. The van der Waals surface area contributed by atoms with Crippen LogP contribution in [0, 0.1) is 0 Å². The van der Waals surface area contributed by atoms with Crippen LogP contribution in [0.2, 0.25) is 0 Å². The molecule has 0 aromatic rings. The quantitative estimate of drug-likeness (QED) is 0.710. The van der Waals surface area contributed by atoms with Crippen molar-refractivity contribution in [2.24, 2.45) is 0 Å². The summed E-state index contributed by atoms with van der Waals surface area (Å²) in [7, 11) is 4.39. The van der Waals surface area contributed by atoms with Crippen LogP contribution in [0.5, 0.6) is 0 Å². The zero-order valence-corrected chi connectivity index (χ0v) is 10.8. The molecule has 0 radical (unpaired) electrons. The monoisotopic (exact) mass is 213 g/mol. The molecule has 1 rings (SSSR count). The van der Waals surface area contributed by atoms with Crippen LogP contribution in [-0.4, -0.2) is 62.2 Å². The minimum atomic E-state index is 0.731. The summed E-state index contributed by atoms with van der Waals surface area (Å²) in [5, 5.41) is 3.46. The number of nitrogens with zero attached hydrogens (tertiary/aromatic N) is 2. The molecule has 1 N–H and O–H groups in total. The van der Waals surface area contributed by atoms with E-state index in [9.17, 15) is 0 Å². The molecule has 0 bridgehead atoms. The summed E-state index contributed by atoms with van der Waals surface area (Å²) in [5.74, 6) is 0. The van der Waals surface area contributed by atoms with Crippen LogP contribution >= 0.6 is 0 Å². The first-order valence-electron chi connectivity index (χ1n) is 6.30. The van der Waals surface area contributed by atoms with Gasteiger partial charge in [-0.1, -0.05) is 13.8 Å². The Morgan fingerprint density at radius 1 is 1.40 bits per heavy atom. The lowest BCUT2D eigenvalue weighted by molar-refractivity contribution is 0.207. The molecule has 2 atom stereocenters. The first kappa shape index (κ1) is 12.9. The smallest absolute Gasteiger partial charge is 0.0229 e. The van der Waals surface area contributed by atoms with Crippen LogP contribution in [0.15, 0.2) is 0 Å². The third kappa shape index (κ3) is 3.74. The molecular weight excluding hydrogens is 186 g/mol. The summed E-state index contributed by atoms with van der Waals surface area (Å²) in [5.41, 5.74) is 0. The van der Waals surface area contributed by atoms with Crippen molar-refractivity contribution in [2.75, 3.05) is 40.3 Å². The molecule has 3 nitrogen and oxygen atoms in total. The van der Waals surface area contributed by atoms with E-state index in [2.05, 4.69) is 43.1 Å². The van der Waals surface area contributed by atoms with Gasteiger partial charge in [0.1, 0.15) is 0 Å². The minimum Gasteiger partial charge on any atom is -0.315 e. The van der Waals surface area contributed by atoms with Gasteiger partial charge in [-0.05, 0) is 33.5 Å². The van der Waals surface area contributed by atoms with Crippen LogP contribution in [0.25, 0.3) is 0 Å². The molecule has 1 fully saturated rings. The SMILES string of the molecule is CCNCC(CC)N1CCC(N(C)C)C1. The van der Waals surface area contributed by atoms with Gasteiger partial charge in [-0.3, -0.25) is 4.90 Å². The van der Waals surface area contributed by atoms with Gasteiger partial charge in [-0.15, -0.1) is 0 Å². The Hall–Kier alpha value is -0.120. The Labute approximate surface area is 94.8 Å². The van der Waals surface area contributed by atoms with Crippen molar-refractivity contribution >= 4 is 0 Å². The Kier molecular flexibility index (Phi) is 5.58. The maximum atomic E-state index is 3.46. The van der Waals surface area contributed by atoms with Crippen molar-refractivity contribution in [1.82, 2.24) is 15.1 Å². The molecule has 90 valence electrons. The molecule has 15 heavy (non-hydrogen) atoms. The van der Waals surface area contributed by atoms with Crippen LogP contribution < -0.4 is 5.32 Å². The molecule has 1 aliphatic heterocycles. The highest BCUT2D eigenvalue weighted by Crippen LogP contribution is 2.17. The lowest BCUT2D eigenvalue weighted by atomic mass is 10.2. The Morgan fingerprint density at radius 2 is 2.13 bits per heavy atom. The van der Waals surface area contributed by atoms with E-state index in [-0.39, 0.29) is 0 Å². The fourth-order valence-corrected chi connectivity index (χ4v) is 2.36. The predicted molar refractivity (Wildman–Crippen MR) is 66.3 cm³/mol. The highest BCUT2D eigenvalue weighted by atomic mass is 15.3. The molecule has 1 aliphatic rings. The molecule has 0 aromatic carbocycles. The Bertz CT molecular complexity index is 170. The summed E-state index contributed by atoms with van der Waals surface area (Å²) in [4.78, 5) is 5.01. The zero-order chi connectivity index (χ0) is 11.3. The van der Waals surface area contributed by atoms with Crippen molar-refractivity contribution in [1.29, 1.82) is 0 Å². The molecular formula is C12H27N3. The topological polar surface area (TPSA) is 18.5 Å². The summed E-state index contributed by atoms with van der Waals surface area (Å²) < 4.78 is 0. The largest absolute Gasteiger partial charge is 0.315 e. The average Bonchev–Trinajstić information content (AvgIpc) is 2.68. The van der Waals surface area contributed by atoms with E-state index in [0.717, 1.165) is 25.2 Å². The number of rotatable bonds is 6. The van der Waals surface area contributed by atoms with Gasteiger partial charge >= 0.3 is 0 Å². The fraction of sp³-hybridized carbons (Fsp3) is 1.00. The highest BCUT2D eigenvalue weighted by Gasteiger charge is 2.27. The van der Waals surface area contributed by atoms with E-state index < -0.39 is 0 Å². The molecule has 0 saturated carbocycles. The van der Waals surface area contributed by atoms with Gasteiger partial charge in [0.2, 0.25) is 0 Å². The molecule has 0 aliphatic carbocycles. The molecule has 0 spiro atoms. The van der Waals surface area contributed by atoms with Crippen molar-refractivity contribution in [3.05, 3.63) is 0 Å². The lowest BCUT2D eigenvalue weighted by Crippen LogP contribution is -2.42.